The summed E-state index contributed by atoms with van der Waals surface area (Å²) in [5, 5.41) is 5.70. The van der Waals surface area contributed by atoms with Gasteiger partial charge in [-0.05, 0) is 30.2 Å². The highest BCUT2D eigenvalue weighted by atomic mass is 16.2. The molecule has 0 spiro atoms. The second-order valence-corrected chi connectivity index (χ2v) is 5.40. The number of carbonyl (C=O) groups is 2. The molecule has 0 unspecified atom stereocenters. The lowest BCUT2D eigenvalue weighted by atomic mass is 10.1. The molecule has 4 heteroatoms. The minimum Gasteiger partial charge on any atom is -0.352 e. The first-order valence-electron chi connectivity index (χ1n) is 7.91. The summed E-state index contributed by atoms with van der Waals surface area (Å²) in [6, 6.07) is 16.6. The van der Waals surface area contributed by atoms with Crippen molar-refractivity contribution in [3.8, 4) is 0 Å². The quantitative estimate of drug-likeness (QED) is 0.770. The van der Waals surface area contributed by atoms with Gasteiger partial charge in [-0.25, -0.2) is 0 Å². The Morgan fingerprint density at radius 1 is 1.00 bits per heavy atom. The second kappa shape index (κ2) is 8.73. The van der Waals surface area contributed by atoms with Crippen LogP contribution >= 0.6 is 0 Å². The summed E-state index contributed by atoms with van der Waals surface area (Å²) in [4.78, 5) is 24.1. The number of rotatable bonds is 7. The van der Waals surface area contributed by atoms with Crippen LogP contribution in [0.4, 0.5) is 5.69 Å². The number of unbranched alkanes of at least 4 members (excludes halogenated alkanes) is 1. The van der Waals surface area contributed by atoms with Gasteiger partial charge < -0.3 is 10.6 Å². The van der Waals surface area contributed by atoms with Crippen molar-refractivity contribution in [2.75, 3.05) is 11.9 Å². The van der Waals surface area contributed by atoms with Crippen LogP contribution in [0.15, 0.2) is 54.6 Å². The van der Waals surface area contributed by atoms with Crippen molar-refractivity contribution in [1.29, 1.82) is 0 Å². The maximum absolute atomic E-state index is 12.1. The lowest BCUT2D eigenvalue weighted by Crippen LogP contribution is -2.24. The molecule has 0 saturated carbocycles. The molecule has 0 radical (unpaired) electrons. The Kier molecular flexibility index (Phi) is 6.36. The van der Waals surface area contributed by atoms with Crippen molar-refractivity contribution < 1.29 is 9.59 Å². The fourth-order valence-corrected chi connectivity index (χ4v) is 2.21. The van der Waals surface area contributed by atoms with Crippen LogP contribution in [-0.4, -0.2) is 18.4 Å². The lowest BCUT2D eigenvalue weighted by Gasteiger charge is -2.08. The number of benzene rings is 2. The molecule has 0 atom stereocenters. The molecule has 4 nitrogen and oxygen atoms in total. The number of amides is 2. The van der Waals surface area contributed by atoms with Crippen LogP contribution < -0.4 is 10.6 Å². The number of carbonyl (C=O) groups excluding carboxylic acids is 2. The number of hydrogen-bond acceptors (Lipinski definition) is 2. The molecule has 120 valence electrons. The van der Waals surface area contributed by atoms with Gasteiger partial charge in [0.05, 0.1) is 6.42 Å². The summed E-state index contributed by atoms with van der Waals surface area (Å²) >= 11 is 0. The molecule has 0 aliphatic heterocycles. The Hall–Kier alpha value is -2.62. The van der Waals surface area contributed by atoms with Gasteiger partial charge in [0.2, 0.25) is 5.91 Å². The maximum atomic E-state index is 12.1. The van der Waals surface area contributed by atoms with E-state index in [9.17, 15) is 9.59 Å². The predicted molar refractivity (Wildman–Crippen MR) is 92.5 cm³/mol. The monoisotopic (exact) mass is 310 g/mol. The van der Waals surface area contributed by atoms with E-state index in [1.807, 2.05) is 30.3 Å². The van der Waals surface area contributed by atoms with Gasteiger partial charge in [0.15, 0.2) is 0 Å². The highest BCUT2D eigenvalue weighted by Crippen LogP contribution is 2.11. The maximum Gasteiger partial charge on any atom is 0.251 e. The van der Waals surface area contributed by atoms with Crippen LogP contribution in [0.25, 0.3) is 0 Å². The minimum atomic E-state index is -0.113. The van der Waals surface area contributed by atoms with E-state index in [-0.39, 0.29) is 11.8 Å². The highest BCUT2D eigenvalue weighted by Gasteiger charge is 2.08. The van der Waals surface area contributed by atoms with Gasteiger partial charge in [-0.3, -0.25) is 9.59 Å². The number of anilines is 1. The van der Waals surface area contributed by atoms with E-state index >= 15 is 0 Å². The van der Waals surface area contributed by atoms with Crippen LogP contribution in [0.2, 0.25) is 0 Å². The third kappa shape index (κ3) is 5.58. The molecule has 0 bridgehead atoms. The summed E-state index contributed by atoms with van der Waals surface area (Å²) in [6.07, 6.45) is 2.31. The summed E-state index contributed by atoms with van der Waals surface area (Å²) in [5.41, 5.74) is 2.14. The Morgan fingerprint density at radius 2 is 1.78 bits per heavy atom. The zero-order valence-corrected chi connectivity index (χ0v) is 13.3. The first-order valence-corrected chi connectivity index (χ1v) is 7.91. The van der Waals surface area contributed by atoms with Crippen LogP contribution in [0, 0.1) is 0 Å². The second-order valence-electron chi connectivity index (χ2n) is 5.40. The summed E-state index contributed by atoms with van der Waals surface area (Å²) in [5.74, 6) is -0.211. The Morgan fingerprint density at radius 3 is 2.52 bits per heavy atom. The van der Waals surface area contributed by atoms with Crippen molar-refractivity contribution in [3.05, 3.63) is 65.7 Å². The topological polar surface area (TPSA) is 58.2 Å². The van der Waals surface area contributed by atoms with Crippen LogP contribution in [0.3, 0.4) is 0 Å². The summed E-state index contributed by atoms with van der Waals surface area (Å²) < 4.78 is 0. The predicted octanol–water partition coefficient (Wildman–Crippen LogP) is 3.40. The molecular formula is C19H22N2O2. The fraction of sp³-hybridized carbons (Fsp3) is 0.263. The molecule has 2 aromatic rings. The normalized spacial score (nSPS) is 10.1. The molecule has 23 heavy (non-hydrogen) atoms. The molecule has 0 fully saturated rings. The Bertz CT molecular complexity index is 653. The van der Waals surface area contributed by atoms with Gasteiger partial charge in [0.1, 0.15) is 0 Å². The molecule has 2 rings (SSSR count). The first-order chi connectivity index (χ1) is 11.2. The molecule has 2 amide bonds. The Balaban J connectivity index is 1.94. The smallest absolute Gasteiger partial charge is 0.251 e. The molecule has 0 aromatic heterocycles. The molecule has 2 N–H and O–H groups in total. The van der Waals surface area contributed by atoms with Crippen LogP contribution in [-0.2, 0) is 11.2 Å². The third-order valence-corrected chi connectivity index (χ3v) is 3.43. The molecule has 0 saturated heterocycles. The van der Waals surface area contributed by atoms with Gasteiger partial charge in [-0.2, -0.15) is 0 Å². The zero-order valence-electron chi connectivity index (χ0n) is 13.3. The largest absolute Gasteiger partial charge is 0.352 e. The molecular weight excluding hydrogens is 288 g/mol. The van der Waals surface area contributed by atoms with Crippen LogP contribution in [0.5, 0.6) is 0 Å². The van der Waals surface area contributed by atoms with Gasteiger partial charge >= 0.3 is 0 Å². The van der Waals surface area contributed by atoms with Crippen molar-refractivity contribution in [1.82, 2.24) is 5.32 Å². The van der Waals surface area contributed by atoms with E-state index in [4.69, 9.17) is 0 Å². The van der Waals surface area contributed by atoms with Crippen molar-refractivity contribution in [2.24, 2.45) is 0 Å². The number of hydrogen-bond donors (Lipinski definition) is 2. The van der Waals surface area contributed by atoms with E-state index in [0.29, 0.717) is 24.2 Å². The van der Waals surface area contributed by atoms with Gasteiger partial charge in [-0.1, -0.05) is 49.7 Å². The fourth-order valence-electron chi connectivity index (χ4n) is 2.21. The van der Waals surface area contributed by atoms with E-state index in [0.717, 1.165) is 18.4 Å². The van der Waals surface area contributed by atoms with Gasteiger partial charge in [0.25, 0.3) is 5.91 Å². The van der Waals surface area contributed by atoms with E-state index in [1.54, 1.807) is 24.3 Å². The highest BCUT2D eigenvalue weighted by molar-refractivity contribution is 5.97. The summed E-state index contributed by atoms with van der Waals surface area (Å²) in [7, 11) is 0. The lowest BCUT2D eigenvalue weighted by molar-refractivity contribution is -0.115. The van der Waals surface area contributed by atoms with E-state index < -0.39 is 0 Å². The minimum absolute atomic E-state index is 0.0975. The SMILES string of the molecule is CCCCNC(=O)c1cccc(NC(=O)Cc2ccccc2)c1. The average molecular weight is 310 g/mol. The van der Waals surface area contributed by atoms with Gasteiger partial charge in [0, 0.05) is 17.8 Å². The van der Waals surface area contributed by atoms with E-state index in [2.05, 4.69) is 17.6 Å². The van der Waals surface area contributed by atoms with Gasteiger partial charge in [-0.15, -0.1) is 0 Å². The first kappa shape index (κ1) is 16.7. The molecule has 0 aliphatic carbocycles. The van der Waals surface area contributed by atoms with Crippen molar-refractivity contribution >= 4 is 17.5 Å². The third-order valence-electron chi connectivity index (χ3n) is 3.43. The molecule has 2 aromatic carbocycles. The van der Waals surface area contributed by atoms with Crippen molar-refractivity contribution in [3.63, 3.8) is 0 Å². The average Bonchev–Trinajstić information content (AvgIpc) is 2.56. The van der Waals surface area contributed by atoms with Crippen molar-refractivity contribution in [2.45, 2.75) is 26.2 Å². The van der Waals surface area contributed by atoms with Crippen LogP contribution in [0.1, 0.15) is 35.7 Å². The molecule has 0 aliphatic rings. The summed E-state index contributed by atoms with van der Waals surface area (Å²) in [6.45, 7) is 2.75. The number of nitrogens with one attached hydrogen (secondary N) is 2. The Labute approximate surface area is 136 Å². The zero-order chi connectivity index (χ0) is 16.5. The molecule has 0 heterocycles. The standard InChI is InChI=1S/C19H22N2O2/c1-2-3-12-20-19(23)16-10-7-11-17(14-16)21-18(22)13-15-8-5-4-6-9-15/h4-11,14H,2-3,12-13H2,1H3,(H,20,23)(H,21,22). The van der Waals surface area contributed by atoms with E-state index in [1.165, 1.54) is 0 Å².